The number of aliphatic hydroxyl groups is 1. The van der Waals surface area contributed by atoms with Crippen LogP contribution in [0.1, 0.15) is 46.0 Å². The summed E-state index contributed by atoms with van der Waals surface area (Å²) in [5, 5.41) is 15.7. The van der Waals surface area contributed by atoms with E-state index in [-0.39, 0.29) is 24.1 Å². The second kappa shape index (κ2) is 6.86. The molecule has 1 aliphatic rings. The van der Waals surface area contributed by atoms with E-state index in [1.807, 2.05) is 6.92 Å². The monoisotopic (exact) mass is 228 g/mol. The predicted octanol–water partition coefficient (Wildman–Crippen LogP) is 0.794. The maximum atomic E-state index is 11.5. The molecule has 1 amide bonds. The van der Waals surface area contributed by atoms with Crippen LogP contribution in [0.4, 0.5) is 0 Å². The number of hydrogen-bond acceptors (Lipinski definition) is 3. The van der Waals surface area contributed by atoms with Crippen molar-refractivity contribution in [1.82, 2.24) is 10.6 Å². The third-order valence-electron chi connectivity index (χ3n) is 3.26. The van der Waals surface area contributed by atoms with Crippen molar-refractivity contribution in [2.45, 2.75) is 64.1 Å². The smallest absolute Gasteiger partial charge is 0.221 e. The van der Waals surface area contributed by atoms with Crippen LogP contribution in [0.15, 0.2) is 0 Å². The first-order valence-electron chi connectivity index (χ1n) is 6.34. The molecule has 0 heterocycles. The van der Waals surface area contributed by atoms with E-state index in [1.165, 1.54) is 0 Å². The van der Waals surface area contributed by atoms with E-state index in [1.54, 1.807) is 0 Å². The Bertz CT molecular complexity index is 221. The van der Waals surface area contributed by atoms with Crippen LogP contribution in [0, 0.1) is 0 Å². The number of hydrogen-bond donors (Lipinski definition) is 3. The van der Waals surface area contributed by atoms with E-state index in [2.05, 4.69) is 17.6 Å². The molecule has 0 aliphatic heterocycles. The van der Waals surface area contributed by atoms with Crippen molar-refractivity contribution < 1.29 is 9.90 Å². The first-order valence-corrected chi connectivity index (χ1v) is 6.34. The summed E-state index contributed by atoms with van der Waals surface area (Å²) in [6.45, 7) is 4.72. The van der Waals surface area contributed by atoms with Gasteiger partial charge in [0.25, 0.3) is 0 Å². The van der Waals surface area contributed by atoms with Crippen molar-refractivity contribution in [2.75, 3.05) is 6.54 Å². The molecule has 3 N–H and O–H groups in total. The Hall–Kier alpha value is -0.610. The molecule has 0 aromatic heterocycles. The van der Waals surface area contributed by atoms with Crippen LogP contribution in [-0.4, -0.2) is 35.7 Å². The second-order valence-corrected chi connectivity index (χ2v) is 4.69. The molecule has 1 fully saturated rings. The lowest BCUT2D eigenvalue weighted by Crippen LogP contribution is -2.39. The van der Waals surface area contributed by atoms with Gasteiger partial charge in [0, 0.05) is 25.0 Å². The zero-order valence-electron chi connectivity index (χ0n) is 10.3. The molecule has 0 spiro atoms. The fourth-order valence-corrected chi connectivity index (χ4v) is 2.00. The summed E-state index contributed by atoms with van der Waals surface area (Å²) >= 11 is 0. The van der Waals surface area contributed by atoms with Crippen molar-refractivity contribution in [3.05, 3.63) is 0 Å². The highest BCUT2D eigenvalue weighted by Crippen LogP contribution is 2.18. The molecule has 0 saturated heterocycles. The number of amides is 1. The first kappa shape index (κ1) is 13.5. The summed E-state index contributed by atoms with van der Waals surface area (Å²) < 4.78 is 0. The molecule has 94 valence electrons. The molecule has 4 nitrogen and oxygen atoms in total. The standard InChI is InChI=1S/C12H24N2O2/c1-3-9(2)14-12(16)7-8-13-10-5-4-6-11(10)15/h9-11,13,15H,3-8H2,1-2H3,(H,14,16). The molecule has 3 unspecified atom stereocenters. The van der Waals surface area contributed by atoms with Gasteiger partial charge in [0.15, 0.2) is 0 Å². The van der Waals surface area contributed by atoms with Gasteiger partial charge in [-0.1, -0.05) is 6.92 Å². The van der Waals surface area contributed by atoms with Gasteiger partial charge in [-0.2, -0.15) is 0 Å². The van der Waals surface area contributed by atoms with Gasteiger partial charge < -0.3 is 15.7 Å². The van der Waals surface area contributed by atoms with Crippen LogP contribution in [-0.2, 0) is 4.79 Å². The summed E-state index contributed by atoms with van der Waals surface area (Å²) in [4.78, 5) is 11.5. The average Bonchev–Trinajstić information content (AvgIpc) is 2.64. The topological polar surface area (TPSA) is 61.4 Å². The fourth-order valence-electron chi connectivity index (χ4n) is 2.00. The Labute approximate surface area is 97.8 Å². The van der Waals surface area contributed by atoms with Crippen molar-refractivity contribution in [2.24, 2.45) is 0 Å². The van der Waals surface area contributed by atoms with Crippen LogP contribution in [0.25, 0.3) is 0 Å². The zero-order chi connectivity index (χ0) is 12.0. The Balaban J connectivity index is 2.08. The molecule has 0 bridgehead atoms. The van der Waals surface area contributed by atoms with Gasteiger partial charge in [-0.15, -0.1) is 0 Å². The van der Waals surface area contributed by atoms with Crippen molar-refractivity contribution >= 4 is 5.91 Å². The molecular formula is C12H24N2O2. The van der Waals surface area contributed by atoms with Crippen LogP contribution < -0.4 is 10.6 Å². The minimum Gasteiger partial charge on any atom is -0.392 e. The summed E-state index contributed by atoms with van der Waals surface area (Å²) in [6.07, 6.45) is 4.22. The largest absolute Gasteiger partial charge is 0.392 e. The number of aliphatic hydroxyl groups excluding tert-OH is 1. The third kappa shape index (κ3) is 4.49. The molecule has 3 atom stereocenters. The Morgan fingerprint density at radius 1 is 1.50 bits per heavy atom. The predicted molar refractivity (Wildman–Crippen MR) is 64.2 cm³/mol. The van der Waals surface area contributed by atoms with Crippen LogP contribution in [0.5, 0.6) is 0 Å². The van der Waals surface area contributed by atoms with Gasteiger partial charge in [0.05, 0.1) is 6.10 Å². The second-order valence-electron chi connectivity index (χ2n) is 4.69. The van der Waals surface area contributed by atoms with E-state index in [0.29, 0.717) is 13.0 Å². The highest BCUT2D eigenvalue weighted by Gasteiger charge is 2.24. The lowest BCUT2D eigenvalue weighted by molar-refractivity contribution is -0.121. The summed E-state index contributed by atoms with van der Waals surface area (Å²) in [5.74, 6) is 0.0920. The van der Waals surface area contributed by atoms with E-state index in [4.69, 9.17) is 0 Å². The van der Waals surface area contributed by atoms with Gasteiger partial charge in [0.1, 0.15) is 0 Å². The highest BCUT2D eigenvalue weighted by molar-refractivity contribution is 5.76. The Morgan fingerprint density at radius 2 is 2.25 bits per heavy atom. The molecule has 1 aliphatic carbocycles. The summed E-state index contributed by atoms with van der Waals surface area (Å²) in [5.41, 5.74) is 0. The van der Waals surface area contributed by atoms with Crippen LogP contribution >= 0.6 is 0 Å². The maximum absolute atomic E-state index is 11.5. The third-order valence-corrected chi connectivity index (χ3v) is 3.26. The van der Waals surface area contributed by atoms with E-state index in [9.17, 15) is 9.90 Å². The molecule has 1 rings (SSSR count). The van der Waals surface area contributed by atoms with Gasteiger partial charge in [-0.05, 0) is 32.6 Å². The Morgan fingerprint density at radius 3 is 2.81 bits per heavy atom. The summed E-state index contributed by atoms with van der Waals surface area (Å²) in [6, 6.07) is 0.445. The van der Waals surface area contributed by atoms with Gasteiger partial charge in [-0.3, -0.25) is 4.79 Å². The number of carbonyl (C=O) groups is 1. The minimum atomic E-state index is -0.224. The molecule has 0 aromatic rings. The molecule has 0 radical (unpaired) electrons. The minimum absolute atomic E-state index is 0.0920. The Kier molecular flexibility index (Phi) is 5.77. The quantitative estimate of drug-likeness (QED) is 0.630. The lowest BCUT2D eigenvalue weighted by Gasteiger charge is -2.16. The van der Waals surface area contributed by atoms with Gasteiger partial charge in [-0.25, -0.2) is 0 Å². The summed E-state index contributed by atoms with van der Waals surface area (Å²) in [7, 11) is 0. The number of nitrogens with one attached hydrogen (secondary N) is 2. The molecule has 1 saturated carbocycles. The zero-order valence-corrected chi connectivity index (χ0v) is 10.3. The molecular weight excluding hydrogens is 204 g/mol. The van der Waals surface area contributed by atoms with E-state index >= 15 is 0 Å². The normalized spacial score (nSPS) is 26.7. The van der Waals surface area contributed by atoms with Gasteiger partial charge in [0.2, 0.25) is 5.91 Å². The highest BCUT2D eigenvalue weighted by atomic mass is 16.3. The molecule has 4 heteroatoms. The first-order chi connectivity index (χ1) is 7.63. The van der Waals surface area contributed by atoms with Crippen molar-refractivity contribution in [3.8, 4) is 0 Å². The number of carbonyl (C=O) groups excluding carboxylic acids is 1. The van der Waals surface area contributed by atoms with Gasteiger partial charge >= 0.3 is 0 Å². The average molecular weight is 228 g/mol. The van der Waals surface area contributed by atoms with Crippen LogP contribution in [0.2, 0.25) is 0 Å². The van der Waals surface area contributed by atoms with Crippen molar-refractivity contribution in [3.63, 3.8) is 0 Å². The van der Waals surface area contributed by atoms with Crippen LogP contribution in [0.3, 0.4) is 0 Å². The maximum Gasteiger partial charge on any atom is 0.221 e. The lowest BCUT2D eigenvalue weighted by atomic mass is 10.2. The fraction of sp³-hybridized carbons (Fsp3) is 0.917. The molecule has 0 aromatic carbocycles. The SMILES string of the molecule is CCC(C)NC(=O)CCNC1CCCC1O. The van der Waals surface area contributed by atoms with Crippen molar-refractivity contribution in [1.29, 1.82) is 0 Å². The molecule has 16 heavy (non-hydrogen) atoms. The van der Waals surface area contributed by atoms with E-state index in [0.717, 1.165) is 25.7 Å². The number of rotatable bonds is 6. The van der Waals surface area contributed by atoms with E-state index < -0.39 is 0 Å².